The second kappa shape index (κ2) is 9.79. The number of nitrogens with one attached hydrogen (secondary N) is 1. The van der Waals surface area contributed by atoms with Crippen LogP contribution < -0.4 is 15.0 Å². The van der Waals surface area contributed by atoms with Crippen LogP contribution in [-0.4, -0.2) is 44.5 Å². The van der Waals surface area contributed by atoms with Gasteiger partial charge in [0.2, 0.25) is 0 Å². The minimum atomic E-state index is -0.412. The van der Waals surface area contributed by atoms with Gasteiger partial charge < -0.3 is 15.0 Å². The number of rotatable bonds is 8. The molecular weight excluding hydrogens is 433 g/mol. The molecule has 0 radical (unpaired) electrons. The lowest BCUT2D eigenvalue weighted by Crippen LogP contribution is -2.34. The molecule has 3 aromatic carbocycles. The van der Waals surface area contributed by atoms with Crippen molar-refractivity contribution >= 4 is 28.8 Å². The quantitative estimate of drug-likeness (QED) is 0.508. The van der Waals surface area contributed by atoms with Crippen LogP contribution in [0.2, 0.25) is 0 Å². The Kier molecular flexibility index (Phi) is 6.63. The molecule has 1 heterocycles. The molecule has 6 nitrogen and oxygen atoms in total. The Bertz CT molecular complexity index is 1230. The topological polar surface area (TPSA) is 61.9 Å². The molecule has 34 heavy (non-hydrogen) atoms. The lowest BCUT2D eigenvalue weighted by atomic mass is 10.0. The van der Waals surface area contributed by atoms with E-state index in [1.165, 1.54) is 24.1 Å². The summed E-state index contributed by atoms with van der Waals surface area (Å²) < 4.78 is 18.7. The van der Waals surface area contributed by atoms with Crippen molar-refractivity contribution in [3.05, 3.63) is 95.4 Å². The van der Waals surface area contributed by atoms with E-state index in [1.54, 1.807) is 30.3 Å². The lowest BCUT2D eigenvalue weighted by molar-refractivity contribution is -0.136. The molecule has 0 aliphatic carbocycles. The van der Waals surface area contributed by atoms with Crippen molar-refractivity contribution in [2.75, 3.05) is 38.0 Å². The lowest BCUT2D eigenvalue weighted by Gasteiger charge is -2.16. The number of benzene rings is 3. The molecule has 1 N–H and O–H groups in total. The Labute approximate surface area is 198 Å². The Morgan fingerprint density at radius 2 is 1.59 bits per heavy atom. The summed E-state index contributed by atoms with van der Waals surface area (Å²) in [5.41, 5.74) is 3.54. The minimum Gasteiger partial charge on any atom is -0.496 e. The van der Waals surface area contributed by atoms with Crippen LogP contribution in [0.4, 0.5) is 15.8 Å². The van der Waals surface area contributed by atoms with Crippen LogP contribution in [0.15, 0.2) is 78.5 Å². The number of amides is 2. The molecule has 0 saturated heterocycles. The third-order valence-electron chi connectivity index (χ3n) is 5.73. The van der Waals surface area contributed by atoms with Gasteiger partial charge in [0.15, 0.2) is 0 Å². The number of carbonyl (C=O) groups excluding carboxylic acids is 2. The van der Waals surface area contributed by atoms with E-state index >= 15 is 0 Å². The molecule has 1 aliphatic heterocycles. The van der Waals surface area contributed by atoms with Crippen LogP contribution in [0.25, 0.3) is 5.57 Å². The molecule has 0 bridgehead atoms. The first-order chi connectivity index (χ1) is 16.4. The van der Waals surface area contributed by atoms with E-state index in [9.17, 15) is 14.0 Å². The van der Waals surface area contributed by atoms with Gasteiger partial charge in [0.1, 0.15) is 17.3 Å². The standard InChI is InChI=1S/C27H26FN3O3/c1-30(2)21-14-12-20(13-15-21)29-25-24(22-6-4-5-7-23(22)34-3)26(32)31(27(25)33)17-16-18-8-10-19(28)11-9-18/h4-15,29H,16-17H2,1-3H3. The van der Waals surface area contributed by atoms with E-state index in [0.29, 0.717) is 23.4 Å². The van der Waals surface area contributed by atoms with Gasteiger partial charge in [0.05, 0.1) is 12.7 Å². The van der Waals surface area contributed by atoms with E-state index < -0.39 is 11.8 Å². The van der Waals surface area contributed by atoms with Gasteiger partial charge in [-0.05, 0) is 54.4 Å². The number of nitrogens with zero attached hydrogens (tertiary/aromatic N) is 2. The number of hydrogen-bond donors (Lipinski definition) is 1. The molecule has 174 valence electrons. The molecule has 3 aromatic rings. The van der Waals surface area contributed by atoms with Gasteiger partial charge in [-0.15, -0.1) is 0 Å². The van der Waals surface area contributed by atoms with E-state index in [4.69, 9.17) is 4.74 Å². The van der Waals surface area contributed by atoms with Gasteiger partial charge in [-0.25, -0.2) is 4.39 Å². The van der Waals surface area contributed by atoms with Crippen molar-refractivity contribution in [2.24, 2.45) is 0 Å². The molecule has 4 rings (SSSR count). The second-order valence-electron chi connectivity index (χ2n) is 8.15. The first kappa shape index (κ1) is 23.0. The summed E-state index contributed by atoms with van der Waals surface area (Å²) in [6.45, 7) is 0.173. The Morgan fingerprint density at radius 3 is 2.24 bits per heavy atom. The Balaban J connectivity index is 1.68. The van der Waals surface area contributed by atoms with Crippen LogP contribution in [0.5, 0.6) is 5.75 Å². The number of para-hydroxylation sites is 1. The summed E-state index contributed by atoms with van der Waals surface area (Å²) in [5, 5.41) is 3.17. The van der Waals surface area contributed by atoms with E-state index in [2.05, 4.69) is 5.32 Å². The van der Waals surface area contributed by atoms with Crippen LogP contribution in [-0.2, 0) is 16.0 Å². The normalized spacial score (nSPS) is 13.5. The molecule has 0 saturated carbocycles. The van der Waals surface area contributed by atoms with Crippen LogP contribution >= 0.6 is 0 Å². The molecule has 0 fully saturated rings. The molecule has 2 amide bonds. The number of halogens is 1. The van der Waals surface area contributed by atoms with Crippen molar-refractivity contribution < 1.29 is 18.7 Å². The molecule has 7 heteroatoms. The zero-order valence-corrected chi connectivity index (χ0v) is 19.3. The molecule has 0 atom stereocenters. The Morgan fingerprint density at radius 1 is 0.912 bits per heavy atom. The predicted molar refractivity (Wildman–Crippen MR) is 131 cm³/mol. The first-order valence-electron chi connectivity index (χ1n) is 10.9. The molecule has 0 spiro atoms. The number of hydrogen-bond acceptors (Lipinski definition) is 5. The smallest absolute Gasteiger partial charge is 0.278 e. The zero-order chi connectivity index (χ0) is 24.2. The molecule has 1 aliphatic rings. The molecule has 0 aromatic heterocycles. The number of imide groups is 1. The fraction of sp³-hybridized carbons (Fsp3) is 0.185. The predicted octanol–water partition coefficient (Wildman–Crippen LogP) is 4.34. The first-order valence-corrected chi connectivity index (χ1v) is 10.9. The number of methoxy groups -OCH3 is 1. The van der Waals surface area contributed by atoms with Crippen LogP contribution in [0.3, 0.4) is 0 Å². The van der Waals surface area contributed by atoms with Crippen LogP contribution in [0, 0.1) is 5.82 Å². The summed E-state index contributed by atoms with van der Waals surface area (Å²) in [6.07, 6.45) is 0.418. The minimum absolute atomic E-state index is 0.173. The van der Waals surface area contributed by atoms with Crippen molar-refractivity contribution in [3.8, 4) is 5.75 Å². The molecular formula is C27H26FN3O3. The molecule has 0 unspecified atom stereocenters. The van der Waals surface area contributed by atoms with E-state index in [1.807, 2.05) is 49.3 Å². The average Bonchev–Trinajstić information content (AvgIpc) is 3.07. The van der Waals surface area contributed by atoms with Crippen molar-refractivity contribution in [2.45, 2.75) is 6.42 Å². The van der Waals surface area contributed by atoms with Gasteiger partial charge in [-0.3, -0.25) is 14.5 Å². The largest absolute Gasteiger partial charge is 0.496 e. The van der Waals surface area contributed by atoms with E-state index in [0.717, 1.165) is 11.3 Å². The van der Waals surface area contributed by atoms with Gasteiger partial charge in [0.25, 0.3) is 11.8 Å². The average molecular weight is 460 g/mol. The maximum Gasteiger partial charge on any atom is 0.278 e. The third-order valence-corrected chi connectivity index (χ3v) is 5.73. The SMILES string of the molecule is COc1ccccc1C1=C(Nc2ccc(N(C)C)cc2)C(=O)N(CCc2ccc(F)cc2)C1=O. The highest BCUT2D eigenvalue weighted by molar-refractivity contribution is 6.37. The highest BCUT2D eigenvalue weighted by atomic mass is 19.1. The fourth-order valence-corrected chi connectivity index (χ4v) is 3.88. The van der Waals surface area contributed by atoms with Gasteiger partial charge in [-0.1, -0.05) is 30.3 Å². The Hall–Kier alpha value is -4.13. The summed E-state index contributed by atoms with van der Waals surface area (Å²) >= 11 is 0. The number of ether oxygens (including phenoxy) is 1. The van der Waals surface area contributed by atoms with Crippen molar-refractivity contribution in [1.82, 2.24) is 4.90 Å². The fourth-order valence-electron chi connectivity index (χ4n) is 3.88. The summed E-state index contributed by atoms with van der Waals surface area (Å²) in [6, 6.07) is 20.8. The summed E-state index contributed by atoms with van der Waals surface area (Å²) in [5.74, 6) is -0.640. The maximum absolute atomic E-state index is 13.5. The second-order valence-corrected chi connectivity index (χ2v) is 8.15. The van der Waals surface area contributed by atoms with Gasteiger partial charge in [-0.2, -0.15) is 0 Å². The summed E-state index contributed by atoms with van der Waals surface area (Å²) in [4.78, 5) is 30.1. The van der Waals surface area contributed by atoms with Crippen LogP contribution in [0.1, 0.15) is 11.1 Å². The highest BCUT2D eigenvalue weighted by Crippen LogP contribution is 2.35. The third kappa shape index (κ3) is 4.64. The zero-order valence-electron chi connectivity index (χ0n) is 19.3. The van der Waals surface area contributed by atoms with Gasteiger partial charge >= 0.3 is 0 Å². The summed E-state index contributed by atoms with van der Waals surface area (Å²) in [7, 11) is 5.42. The van der Waals surface area contributed by atoms with E-state index in [-0.39, 0.29) is 23.6 Å². The van der Waals surface area contributed by atoms with Gasteiger partial charge in [0, 0.05) is 37.6 Å². The van der Waals surface area contributed by atoms with Crippen molar-refractivity contribution in [3.63, 3.8) is 0 Å². The number of anilines is 2. The number of carbonyl (C=O) groups is 2. The van der Waals surface area contributed by atoms with Crippen molar-refractivity contribution in [1.29, 1.82) is 0 Å². The maximum atomic E-state index is 13.5. The highest BCUT2D eigenvalue weighted by Gasteiger charge is 2.40. The monoisotopic (exact) mass is 459 g/mol.